The van der Waals surface area contributed by atoms with Gasteiger partial charge in [0.1, 0.15) is 0 Å². The quantitative estimate of drug-likeness (QED) is 0.660. The van der Waals surface area contributed by atoms with Crippen LogP contribution in [-0.2, 0) is 14.8 Å². The molecule has 0 aromatic carbocycles. The van der Waals surface area contributed by atoms with Crippen LogP contribution in [0.4, 0.5) is 0 Å². The van der Waals surface area contributed by atoms with E-state index in [-0.39, 0.29) is 18.2 Å². The third-order valence-corrected chi connectivity index (χ3v) is 3.57. The van der Waals surface area contributed by atoms with Gasteiger partial charge in [0.2, 0.25) is 15.9 Å². The highest BCUT2D eigenvalue weighted by molar-refractivity contribution is 7.90. The number of amides is 1. The van der Waals surface area contributed by atoms with Crippen molar-refractivity contribution in [3.63, 3.8) is 0 Å². The third-order valence-electron chi connectivity index (χ3n) is 2.29. The second-order valence-corrected chi connectivity index (χ2v) is 5.69. The first kappa shape index (κ1) is 15.4. The largest absolute Gasteiger partial charge is 0.329 e. The van der Waals surface area contributed by atoms with Crippen molar-refractivity contribution in [2.24, 2.45) is 11.7 Å². The Morgan fingerprint density at radius 1 is 1.25 bits per heavy atom. The Morgan fingerprint density at radius 2 is 1.75 bits per heavy atom. The monoisotopic (exact) mass is 250 g/mol. The van der Waals surface area contributed by atoms with Crippen molar-refractivity contribution in [1.29, 1.82) is 0 Å². The number of nitrogens with two attached hydrogens (primary N) is 1. The van der Waals surface area contributed by atoms with E-state index in [1.165, 1.54) is 0 Å². The molecule has 6 heteroatoms. The van der Waals surface area contributed by atoms with E-state index in [2.05, 4.69) is 4.72 Å². The Bertz CT molecular complexity index is 295. The molecule has 1 amide bonds. The van der Waals surface area contributed by atoms with Crippen molar-refractivity contribution in [3.05, 3.63) is 0 Å². The Hall–Kier alpha value is -0.620. The van der Waals surface area contributed by atoms with Crippen molar-refractivity contribution >= 4 is 15.9 Å². The number of carbonyl (C=O) groups excluding carboxylic acids is 1. The summed E-state index contributed by atoms with van der Waals surface area (Å²) in [5.41, 5.74) is 5.15. The van der Waals surface area contributed by atoms with E-state index in [9.17, 15) is 13.2 Å². The average Bonchev–Trinajstić information content (AvgIpc) is 2.16. The normalized spacial score (nSPS) is 11.8. The van der Waals surface area contributed by atoms with Gasteiger partial charge in [0, 0.05) is 12.5 Å². The smallest absolute Gasteiger partial charge is 0.236 e. The van der Waals surface area contributed by atoms with Crippen LogP contribution in [0.25, 0.3) is 0 Å². The SMILES string of the molecule is CCCC(CCC)C(=O)NS(=O)(=O)CCN. The lowest BCUT2D eigenvalue weighted by Crippen LogP contribution is -2.38. The Balaban J connectivity index is 4.40. The number of hydrogen-bond donors (Lipinski definition) is 2. The fourth-order valence-corrected chi connectivity index (χ4v) is 2.43. The average molecular weight is 250 g/mol. The summed E-state index contributed by atoms with van der Waals surface area (Å²) in [5, 5.41) is 0. The van der Waals surface area contributed by atoms with E-state index in [1.54, 1.807) is 0 Å². The van der Waals surface area contributed by atoms with Crippen LogP contribution in [-0.4, -0.2) is 26.6 Å². The number of sulfonamides is 1. The zero-order chi connectivity index (χ0) is 12.6. The van der Waals surface area contributed by atoms with Gasteiger partial charge in [0.25, 0.3) is 0 Å². The van der Waals surface area contributed by atoms with Crippen LogP contribution in [0.2, 0.25) is 0 Å². The van der Waals surface area contributed by atoms with E-state index in [4.69, 9.17) is 5.73 Å². The molecule has 0 saturated heterocycles. The number of carbonyl (C=O) groups is 1. The van der Waals surface area contributed by atoms with Gasteiger partial charge in [0.15, 0.2) is 0 Å². The summed E-state index contributed by atoms with van der Waals surface area (Å²) in [6, 6.07) is 0. The zero-order valence-electron chi connectivity index (χ0n) is 10.0. The van der Waals surface area contributed by atoms with E-state index in [1.807, 2.05) is 13.8 Å². The fourth-order valence-electron chi connectivity index (χ4n) is 1.55. The zero-order valence-corrected chi connectivity index (χ0v) is 10.8. The van der Waals surface area contributed by atoms with Crippen LogP contribution in [0.3, 0.4) is 0 Å². The van der Waals surface area contributed by atoms with Crippen LogP contribution in [0, 0.1) is 5.92 Å². The first-order valence-corrected chi connectivity index (χ1v) is 7.36. The summed E-state index contributed by atoms with van der Waals surface area (Å²) in [7, 11) is -3.54. The molecule has 0 aliphatic rings. The summed E-state index contributed by atoms with van der Waals surface area (Å²) in [5.74, 6) is -0.802. The van der Waals surface area contributed by atoms with Crippen LogP contribution in [0.15, 0.2) is 0 Å². The molecule has 0 aromatic heterocycles. The topological polar surface area (TPSA) is 89.3 Å². The molecule has 16 heavy (non-hydrogen) atoms. The molecular weight excluding hydrogens is 228 g/mol. The molecule has 0 aliphatic heterocycles. The van der Waals surface area contributed by atoms with E-state index >= 15 is 0 Å². The maximum atomic E-state index is 11.7. The van der Waals surface area contributed by atoms with Crippen LogP contribution in [0.5, 0.6) is 0 Å². The second-order valence-electron chi connectivity index (χ2n) is 3.85. The van der Waals surface area contributed by atoms with Crippen molar-refractivity contribution in [1.82, 2.24) is 4.72 Å². The Kier molecular flexibility index (Phi) is 7.33. The molecule has 0 spiro atoms. The molecule has 0 bridgehead atoms. The Morgan fingerprint density at radius 3 is 2.12 bits per heavy atom. The van der Waals surface area contributed by atoms with Crippen molar-refractivity contribution in [2.75, 3.05) is 12.3 Å². The number of hydrogen-bond acceptors (Lipinski definition) is 4. The van der Waals surface area contributed by atoms with E-state index in [0.717, 1.165) is 25.7 Å². The predicted octanol–water partition coefficient (Wildman–Crippen LogP) is 0.608. The van der Waals surface area contributed by atoms with Gasteiger partial charge in [-0.15, -0.1) is 0 Å². The molecule has 96 valence electrons. The first-order valence-electron chi connectivity index (χ1n) is 5.71. The van der Waals surface area contributed by atoms with Gasteiger partial charge in [-0.25, -0.2) is 8.42 Å². The molecule has 5 nitrogen and oxygen atoms in total. The molecule has 0 atom stereocenters. The molecule has 0 aromatic rings. The van der Waals surface area contributed by atoms with E-state index < -0.39 is 15.9 Å². The Labute approximate surface area is 97.8 Å². The van der Waals surface area contributed by atoms with Gasteiger partial charge < -0.3 is 5.73 Å². The van der Waals surface area contributed by atoms with Crippen LogP contribution < -0.4 is 10.5 Å². The van der Waals surface area contributed by atoms with Crippen molar-refractivity contribution in [2.45, 2.75) is 39.5 Å². The molecule has 0 rings (SSSR count). The minimum absolute atomic E-state index is 0.0227. The molecule has 3 N–H and O–H groups in total. The number of rotatable bonds is 8. The minimum Gasteiger partial charge on any atom is -0.329 e. The van der Waals surface area contributed by atoms with Gasteiger partial charge in [-0.05, 0) is 12.8 Å². The molecule has 0 fully saturated rings. The van der Waals surface area contributed by atoms with E-state index in [0.29, 0.717) is 0 Å². The van der Waals surface area contributed by atoms with Crippen molar-refractivity contribution in [3.8, 4) is 0 Å². The van der Waals surface area contributed by atoms with Gasteiger partial charge in [-0.3, -0.25) is 9.52 Å². The number of nitrogens with one attached hydrogen (secondary N) is 1. The lowest BCUT2D eigenvalue weighted by atomic mass is 9.98. The predicted molar refractivity (Wildman–Crippen MR) is 64.3 cm³/mol. The molecule has 0 radical (unpaired) electrons. The molecule has 0 aliphatic carbocycles. The summed E-state index contributed by atoms with van der Waals surface area (Å²) in [6.45, 7) is 3.98. The molecule has 0 saturated carbocycles. The highest BCUT2D eigenvalue weighted by Gasteiger charge is 2.21. The van der Waals surface area contributed by atoms with Crippen LogP contribution >= 0.6 is 0 Å². The maximum absolute atomic E-state index is 11.7. The minimum atomic E-state index is -3.54. The summed E-state index contributed by atoms with van der Waals surface area (Å²) >= 11 is 0. The fraction of sp³-hybridized carbons (Fsp3) is 0.900. The van der Waals surface area contributed by atoms with Gasteiger partial charge in [0.05, 0.1) is 5.75 Å². The van der Waals surface area contributed by atoms with Crippen molar-refractivity contribution < 1.29 is 13.2 Å². The van der Waals surface area contributed by atoms with Gasteiger partial charge >= 0.3 is 0 Å². The van der Waals surface area contributed by atoms with Crippen LogP contribution in [0.1, 0.15) is 39.5 Å². The second kappa shape index (κ2) is 7.62. The lowest BCUT2D eigenvalue weighted by Gasteiger charge is -2.14. The maximum Gasteiger partial charge on any atom is 0.236 e. The summed E-state index contributed by atoms with van der Waals surface area (Å²) in [4.78, 5) is 11.7. The summed E-state index contributed by atoms with van der Waals surface area (Å²) in [6.07, 6.45) is 3.18. The molecule has 0 heterocycles. The third kappa shape index (κ3) is 6.07. The molecular formula is C10H22N2O3S. The van der Waals surface area contributed by atoms with Gasteiger partial charge in [-0.2, -0.15) is 0 Å². The standard InChI is InChI=1S/C10H22N2O3S/c1-3-5-9(6-4-2)10(13)12-16(14,15)8-7-11/h9H,3-8,11H2,1-2H3,(H,12,13). The highest BCUT2D eigenvalue weighted by Crippen LogP contribution is 2.13. The first-order chi connectivity index (χ1) is 7.46. The van der Waals surface area contributed by atoms with Gasteiger partial charge in [-0.1, -0.05) is 26.7 Å². The summed E-state index contributed by atoms with van der Waals surface area (Å²) < 4.78 is 24.8. The molecule has 0 unspecified atom stereocenters. The highest BCUT2D eigenvalue weighted by atomic mass is 32.2. The lowest BCUT2D eigenvalue weighted by molar-refractivity contribution is -0.123.